The van der Waals surface area contributed by atoms with Crippen molar-refractivity contribution in [3.63, 3.8) is 0 Å². The van der Waals surface area contributed by atoms with Crippen molar-refractivity contribution in [1.82, 2.24) is 15.3 Å². The topological polar surface area (TPSA) is 56.3 Å². The normalized spacial score (nSPS) is 18.8. The molecule has 0 saturated carbocycles. The van der Waals surface area contributed by atoms with Gasteiger partial charge in [-0.25, -0.2) is 4.98 Å². The summed E-state index contributed by atoms with van der Waals surface area (Å²) in [7, 11) is 2.09. The molecule has 0 atom stereocenters. The van der Waals surface area contributed by atoms with Crippen molar-refractivity contribution in [1.29, 1.82) is 0 Å². The van der Waals surface area contributed by atoms with Crippen molar-refractivity contribution >= 4 is 40.4 Å². The number of hydrogen-bond donors (Lipinski definition) is 2. The Morgan fingerprint density at radius 3 is 2.81 bits per heavy atom. The van der Waals surface area contributed by atoms with Gasteiger partial charge < -0.3 is 20.4 Å². The maximum Gasteiger partial charge on any atom is 0.227 e. The molecule has 1 aromatic carbocycles. The second-order valence-corrected chi connectivity index (χ2v) is 8.92. The summed E-state index contributed by atoms with van der Waals surface area (Å²) in [4.78, 5) is 13.6. The summed E-state index contributed by atoms with van der Waals surface area (Å²) in [6.07, 6.45) is 8.75. The molecule has 3 aliphatic heterocycles. The fourth-order valence-electron chi connectivity index (χ4n) is 4.70. The first-order valence-corrected chi connectivity index (χ1v) is 11.6. The number of anilines is 4. The SMILES string of the molecule is C=C1C2=C(NCCCC2)c2cc(Nc3nc(N4CCCCC4)ncc3Cl)ccc2N1C. The minimum absolute atomic E-state index is 0.525. The quantitative estimate of drug-likeness (QED) is 0.679. The monoisotopic (exact) mass is 436 g/mol. The van der Waals surface area contributed by atoms with E-state index in [1.807, 2.05) is 0 Å². The number of nitrogens with one attached hydrogen (secondary N) is 2. The third kappa shape index (κ3) is 3.85. The molecule has 0 bridgehead atoms. The van der Waals surface area contributed by atoms with Gasteiger partial charge in [-0.1, -0.05) is 18.2 Å². The third-order valence-corrected chi connectivity index (χ3v) is 6.75. The van der Waals surface area contributed by atoms with Crippen LogP contribution < -0.4 is 20.4 Å². The largest absolute Gasteiger partial charge is 0.384 e. The van der Waals surface area contributed by atoms with E-state index in [2.05, 4.69) is 57.2 Å². The van der Waals surface area contributed by atoms with Crippen LogP contribution in [0, 0.1) is 0 Å². The van der Waals surface area contributed by atoms with Gasteiger partial charge in [0, 0.05) is 49.3 Å². The number of nitrogens with zero attached hydrogens (tertiary/aromatic N) is 4. The molecule has 1 aromatic heterocycles. The van der Waals surface area contributed by atoms with Gasteiger partial charge in [0.25, 0.3) is 0 Å². The zero-order valence-electron chi connectivity index (χ0n) is 18.0. The first-order chi connectivity index (χ1) is 15.1. The van der Waals surface area contributed by atoms with Crippen molar-refractivity contribution in [3.05, 3.63) is 52.8 Å². The van der Waals surface area contributed by atoms with E-state index < -0.39 is 0 Å². The lowest BCUT2D eigenvalue weighted by Gasteiger charge is -2.33. The lowest BCUT2D eigenvalue weighted by molar-refractivity contribution is 0.568. The number of hydrogen-bond acceptors (Lipinski definition) is 6. The van der Waals surface area contributed by atoms with E-state index >= 15 is 0 Å². The summed E-state index contributed by atoms with van der Waals surface area (Å²) < 4.78 is 0. The Labute approximate surface area is 189 Å². The maximum atomic E-state index is 6.46. The van der Waals surface area contributed by atoms with Gasteiger partial charge in [0.2, 0.25) is 5.95 Å². The smallest absolute Gasteiger partial charge is 0.227 e. The van der Waals surface area contributed by atoms with E-state index in [-0.39, 0.29) is 0 Å². The molecule has 31 heavy (non-hydrogen) atoms. The average molecular weight is 437 g/mol. The summed E-state index contributed by atoms with van der Waals surface area (Å²) in [5.41, 5.74) is 6.93. The Hall–Kier alpha value is -2.73. The molecule has 2 N–H and O–H groups in total. The van der Waals surface area contributed by atoms with Crippen molar-refractivity contribution in [3.8, 4) is 0 Å². The Morgan fingerprint density at radius 2 is 1.97 bits per heavy atom. The molecule has 7 heteroatoms. The number of fused-ring (bicyclic) bond motifs is 2. The van der Waals surface area contributed by atoms with Crippen LogP contribution in [0.15, 0.2) is 42.2 Å². The minimum Gasteiger partial charge on any atom is -0.384 e. The van der Waals surface area contributed by atoms with Crippen molar-refractivity contribution in [2.24, 2.45) is 0 Å². The first-order valence-electron chi connectivity index (χ1n) is 11.2. The highest BCUT2D eigenvalue weighted by molar-refractivity contribution is 6.32. The predicted octanol–water partition coefficient (Wildman–Crippen LogP) is 5.31. The van der Waals surface area contributed by atoms with Gasteiger partial charge in [0.1, 0.15) is 5.02 Å². The number of likely N-dealkylation sites (N-methyl/N-ethyl adjacent to an activating group) is 1. The van der Waals surface area contributed by atoms with Gasteiger partial charge in [-0.2, -0.15) is 4.98 Å². The summed E-state index contributed by atoms with van der Waals surface area (Å²) in [6.45, 7) is 7.34. The number of rotatable bonds is 3. The number of piperidine rings is 1. The summed E-state index contributed by atoms with van der Waals surface area (Å²) in [5, 5.41) is 7.61. The summed E-state index contributed by atoms with van der Waals surface area (Å²) in [6, 6.07) is 6.40. The molecule has 6 nitrogen and oxygen atoms in total. The molecule has 0 amide bonds. The molecule has 5 rings (SSSR count). The zero-order chi connectivity index (χ0) is 21.4. The van der Waals surface area contributed by atoms with E-state index in [1.54, 1.807) is 6.20 Å². The molecule has 0 spiro atoms. The van der Waals surface area contributed by atoms with Gasteiger partial charge in [-0.15, -0.1) is 0 Å². The summed E-state index contributed by atoms with van der Waals surface area (Å²) in [5.74, 6) is 1.39. The second-order valence-electron chi connectivity index (χ2n) is 8.51. The Morgan fingerprint density at radius 1 is 1.13 bits per heavy atom. The molecule has 0 radical (unpaired) electrons. The van der Waals surface area contributed by atoms with Crippen LogP contribution in [-0.2, 0) is 0 Å². The average Bonchev–Trinajstić information content (AvgIpc) is 3.06. The van der Waals surface area contributed by atoms with Crippen molar-refractivity contribution < 1.29 is 0 Å². The molecule has 0 aliphatic carbocycles. The third-order valence-electron chi connectivity index (χ3n) is 6.47. The van der Waals surface area contributed by atoms with Gasteiger partial charge in [-0.3, -0.25) is 0 Å². The van der Waals surface area contributed by atoms with E-state index in [4.69, 9.17) is 16.6 Å². The highest BCUT2D eigenvalue weighted by Gasteiger charge is 2.27. The van der Waals surface area contributed by atoms with Crippen LogP contribution in [0.2, 0.25) is 5.02 Å². The van der Waals surface area contributed by atoms with Gasteiger partial charge in [0.05, 0.1) is 11.9 Å². The second kappa shape index (κ2) is 8.42. The van der Waals surface area contributed by atoms with Crippen molar-refractivity contribution in [2.75, 3.05) is 41.8 Å². The van der Waals surface area contributed by atoms with E-state index in [0.717, 1.165) is 49.1 Å². The van der Waals surface area contributed by atoms with Gasteiger partial charge in [0.15, 0.2) is 5.82 Å². The molecule has 3 aliphatic rings. The highest BCUT2D eigenvalue weighted by Crippen LogP contribution is 2.42. The maximum absolute atomic E-state index is 6.46. The minimum atomic E-state index is 0.525. The molecular weight excluding hydrogens is 408 g/mol. The molecule has 1 saturated heterocycles. The van der Waals surface area contributed by atoms with E-state index in [1.165, 1.54) is 48.9 Å². The fourth-order valence-corrected chi connectivity index (χ4v) is 4.84. The van der Waals surface area contributed by atoms with Crippen LogP contribution in [0.4, 0.5) is 23.1 Å². The lowest BCUT2D eigenvalue weighted by atomic mass is 9.94. The first kappa shape index (κ1) is 20.2. The Kier molecular flexibility index (Phi) is 5.48. The van der Waals surface area contributed by atoms with Crippen LogP contribution in [0.5, 0.6) is 0 Å². The molecule has 2 aromatic rings. The zero-order valence-corrected chi connectivity index (χ0v) is 18.8. The van der Waals surface area contributed by atoms with Crippen molar-refractivity contribution in [2.45, 2.75) is 38.5 Å². The standard InChI is InChI=1S/C24H29ClN6/c1-16-18-8-4-5-11-26-22(18)19-14-17(9-10-21(19)30(16)2)28-23-20(25)15-27-24(29-23)31-12-6-3-7-13-31/h9-10,14-15,26H,1,3-8,11-13H2,2H3,(H,27,28,29). The number of allylic oxidation sites excluding steroid dienone is 1. The van der Waals surface area contributed by atoms with Crippen LogP contribution in [0.1, 0.15) is 44.1 Å². The van der Waals surface area contributed by atoms with Gasteiger partial charge in [-0.05, 0) is 62.3 Å². The van der Waals surface area contributed by atoms with E-state index in [9.17, 15) is 0 Å². The predicted molar refractivity (Wildman–Crippen MR) is 129 cm³/mol. The van der Waals surface area contributed by atoms with Crippen LogP contribution in [-0.4, -0.2) is 36.6 Å². The molecule has 0 unspecified atom stereocenters. The van der Waals surface area contributed by atoms with Crippen LogP contribution >= 0.6 is 11.6 Å². The number of aromatic nitrogens is 2. The Bertz CT molecular complexity index is 1040. The number of benzene rings is 1. The van der Waals surface area contributed by atoms with Crippen LogP contribution in [0.3, 0.4) is 0 Å². The fraction of sp³-hybridized carbons (Fsp3) is 0.417. The lowest BCUT2D eigenvalue weighted by Crippen LogP contribution is -2.31. The highest BCUT2D eigenvalue weighted by atomic mass is 35.5. The number of halogens is 1. The molecule has 4 heterocycles. The van der Waals surface area contributed by atoms with E-state index in [0.29, 0.717) is 10.8 Å². The van der Waals surface area contributed by atoms with Gasteiger partial charge >= 0.3 is 0 Å². The molecule has 1 fully saturated rings. The molecule has 162 valence electrons. The Balaban J connectivity index is 1.48. The van der Waals surface area contributed by atoms with Crippen LogP contribution in [0.25, 0.3) is 5.70 Å². The molecular formula is C24H29ClN6. The summed E-state index contributed by atoms with van der Waals surface area (Å²) >= 11 is 6.46.